The lowest BCUT2D eigenvalue weighted by Crippen LogP contribution is -2.39. The van der Waals surface area contributed by atoms with Crippen molar-refractivity contribution in [3.63, 3.8) is 0 Å². The molecule has 0 fully saturated rings. The van der Waals surface area contributed by atoms with Crippen LogP contribution in [0.5, 0.6) is 0 Å². The van der Waals surface area contributed by atoms with Gasteiger partial charge < -0.3 is 20.7 Å². The summed E-state index contributed by atoms with van der Waals surface area (Å²) >= 11 is 1.55. The van der Waals surface area contributed by atoms with Crippen LogP contribution in [0.25, 0.3) is 10.9 Å². The highest BCUT2D eigenvalue weighted by molar-refractivity contribution is 14.0. The Hall–Kier alpha value is -1.58. The number of rotatable bonds is 7. The lowest BCUT2D eigenvalue weighted by molar-refractivity contribution is 0.0711. The Bertz CT molecular complexity index is 902. The minimum absolute atomic E-state index is 0. The predicted molar refractivity (Wildman–Crippen MR) is 130 cm³/mol. The molecule has 7 heteroatoms. The number of H-pyrrole nitrogens is 1. The molecular formula is C21H29IN4OS. The average molecular weight is 512 g/mol. The molecule has 0 saturated carbocycles. The molecule has 3 aromatic rings. The normalized spacial score (nSPS) is 13.8. The Morgan fingerprint density at radius 3 is 2.79 bits per heavy atom. The maximum atomic E-state index is 10.7. The van der Waals surface area contributed by atoms with Crippen molar-refractivity contribution in [2.24, 2.45) is 4.99 Å². The molecule has 0 saturated heterocycles. The van der Waals surface area contributed by atoms with E-state index in [1.807, 2.05) is 24.4 Å². The second kappa shape index (κ2) is 10.3. The third-order valence-electron chi connectivity index (χ3n) is 4.64. The maximum Gasteiger partial charge on any atom is 0.191 e. The third kappa shape index (κ3) is 5.48. The van der Waals surface area contributed by atoms with E-state index in [0.717, 1.165) is 30.3 Å². The Morgan fingerprint density at radius 2 is 2.07 bits per heavy atom. The predicted octanol–water partition coefficient (Wildman–Crippen LogP) is 4.16. The number of para-hydroxylation sites is 1. The fraction of sp³-hybridized carbons (Fsp3) is 0.381. The number of aliphatic imine (C=N–C) groups is 1. The molecule has 0 radical (unpaired) electrons. The number of nitrogens with one attached hydrogen (secondary N) is 3. The van der Waals surface area contributed by atoms with E-state index in [0.29, 0.717) is 6.54 Å². The van der Waals surface area contributed by atoms with Crippen molar-refractivity contribution in [3.05, 3.63) is 57.9 Å². The van der Waals surface area contributed by atoms with Crippen LogP contribution in [0.1, 0.15) is 29.9 Å². The summed E-state index contributed by atoms with van der Waals surface area (Å²) in [6, 6.07) is 10.3. The largest absolute Gasteiger partial charge is 0.383 e. The Kier molecular flexibility index (Phi) is 8.33. The molecule has 2 aromatic heterocycles. The van der Waals surface area contributed by atoms with Crippen LogP contribution in [0.3, 0.4) is 0 Å². The van der Waals surface area contributed by atoms with E-state index in [-0.39, 0.29) is 24.0 Å². The van der Waals surface area contributed by atoms with Gasteiger partial charge in [-0.3, -0.25) is 0 Å². The number of aryl methyl sites for hydroxylation is 1. The molecule has 152 valence electrons. The zero-order valence-electron chi connectivity index (χ0n) is 16.6. The first-order chi connectivity index (χ1) is 13.0. The molecule has 0 aliphatic carbocycles. The van der Waals surface area contributed by atoms with Gasteiger partial charge in [0.2, 0.25) is 0 Å². The van der Waals surface area contributed by atoms with Crippen molar-refractivity contribution in [1.29, 1.82) is 0 Å². The van der Waals surface area contributed by atoms with Gasteiger partial charge in [-0.15, -0.1) is 35.3 Å². The van der Waals surface area contributed by atoms with Crippen LogP contribution >= 0.6 is 35.3 Å². The van der Waals surface area contributed by atoms with Gasteiger partial charge in [0, 0.05) is 35.1 Å². The van der Waals surface area contributed by atoms with E-state index in [4.69, 9.17) is 0 Å². The average Bonchev–Trinajstić information content (AvgIpc) is 3.31. The van der Waals surface area contributed by atoms with Crippen LogP contribution in [0, 0.1) is 6.92 Å². The van der Waals surface area contributed by atoms with Gasteiger partial charge in [-0.1, -0.05) is 24.3 Å². The van der Waals surface area contributed by atoms with Gasteiger partial charge >= 0.3 is 0 Å². The van der Waals surface area contributed by atoms with E-state index in [9.17, 15) is 5.11 Å². The highest BCUT2D eigenvalue weighted by Gasteiger charge is 2.23. The summed E-state index contributed by atoms with van der Waals surface area (Å²) in [5.74, 6) is 0.727. The lowest BCUT2D eigenvalue weighted by Gasteiger charge is -2.20. The van der Waals surface area contributed by atoms with Crippen molar-refractivity contribution in [2.45, 2.75) is 32.8 Å². The second-order valence-electron chi connectivity index (χ2n) is 6.93. The number of benzene rings is 1. The summed E-state index contributed by atoms with van der Waals surface area (Å²) in [7, 11) is 0. The Balaban J connectivity index is 0.00000280. The van der Waals surface area contributed by atoms with Crippen molar-refractivity contribution >= 4 is 52.2 Å². The fourth-order valence-corrected chi connectivity index (χ4v) is 3.90. The zero-order valence-corrected chi connectivity index (χ0v) is 19.7. The molecule has 0 bridgehead atoms. The minimum Gasteiger partial charge on any atom is -0.383 e. The number of aromatic nitrogens is 1. The molecule has 3 rings (SSSR count). The van der Waals surface area contributed by atoms with Gasteiger partial charge in [-0.25, -0.2) is 4.99 Å². The Labute approximate surface area is 187 Å². The number of guanidine groups is 1. The summed E-state index contributed by atoms with van der Waals surface area (Å²) in [4.78, 5) is 8.88. The number of aromatic amines is 1. The van der Waals surface area contributed by atoms with Gasteiger partial charge in [0.05, 0.1) is 6.54 Å². The van der Waals surface area contributed by atoms with Crippen LogP contribution in [0.4, 0.5) is 0 Å². The van der Waals surface area contributed by atoms with Crippen molar-refractivity contribution in [2.75, 3.05) is 19.6 Å². The molecule has 5 nitrogen and oxygen atoms in total. The van der Waals surface area contributed by atoms with Gasteiger partial charge in [0.15, 0.2) is 5.96 Å². The molecule has 0 spiro atoms. The third-order valence-corrected chi connectivity index (χ3v) is 5.76. The number of fused-ring (bicyclic) bond motifs is 1. The minimum atomic E-state index is -0.953. The van der Waals surface area contributed by atoms with E-state index < -0.39 is 5.60 Å². The van der Waals surface area contributed by atoms with Crippen molar-refractivity contribution < 1.29 is 5.11 Å². The van der Waals surface area contributed by atoms with Crippen LogP contribution in [0.15, 0.2) is 46.9 Å². The van der Waals surface area contributed by atoms with E-state index in [2.05, 4.69) is 51.9 Å². The number of nitrogens with zero attached hydrogens (tertiary/aromatic N) is 1. The monoisotopic (exact) mass is 512 g/mol. The first-order valence-electron chi connectivity index (χ1n) is 9.35. The number of hydrogen-bond donors (Lipinski definition) is 4. The first-order valence-corrected chi connectivity index (χ1v) is 10.2. The van der Waals surface area contributed by atoms with Gasteiger partial charge in [0.25, 0.3) is 0 Å². The molecule has 1 unspecified atom stereocenters. The highest BCUT2D eigenvalue weighted by Crippen LogP contribution is 2.25. The number of thiophene rings is 1. The molecule has 0 aliphatic heterocycles. The smallest absolute Gasteiger partial charge is 0.191 e. The van der Waals surface area contributed by atoms with E-state index in [1.165, 1.54) is 22.0 Å². The van der Waals surface area contributed by atoms with Crippen LogP contribution in [-0.2, 0) is 12.0 Å². The number of hydrogen-bond acceptors (Lipinski definition) is 3. The topological polar surface area (TPSA) is 72.4 Å². The molecule has 1 atom stereocenters. The van der Waals surface area contributed by atoms with Crippen LogP contribution < -0.4 is 10.6 Å². The summed E-state index contributed by atoms with van der Waals surface area (Å²) in [6.45, 7) is 7.83. The molecule has 1 aromatic carbocycles. The van der Waals surface area contributed by atoms with E-state index >= 15 is 0 Å². The SMILES string of the molecule is CCNC(=NCC(C)(O)c1cccs1)NCCc1c[nH]c2c(C)cccc12.I. The van der Waals surface area contributed by atoms with E-state index in [1.54, 1.807) is 18.3 Å². The zero-order chi connectivity index (χ0) is 19.3. The molecular weight excluding hydrogens is 483 g/mol. The van der Waals surface area contributed by atoms with Gasteiger partial charge in [-0.2, -0.15) is 0 Å². The standard InChI is InChI=1S/C21H28N4OS.HI/c1-4-22-20(25-14-21(3,26)18-9-6-12-27-18)23-11-10-16-13-24-19-15(2)7-5-8-17(16)19;/h5-9,12-13,24,26H,4,10-11,14H2,1-3H3,(H2,22,23,25);1H. The summed E-state index contributed by atoms with van der Waals surface area (Å²) in [5.41, 5.74) is 2.81. The summed E-state index contributed by atoms with van der Waals surface area (Å²) in [6.07, 6.45) is 2.99. The molecule has 28 heavy (non-hydrogen) atoms. The lowest BCUT2D eigenvalue weighted by atomic mass is 10.1. The first kappa shape index (κ1) is 22.7. The van der Waals surface area contributed by atoms with Crippen molar-refractivity contribution in [3.8, 4) is 0 Å². The van der Waals surface area contributed by atoms with Crippen molar-refractivity contribution in [1.82, 2.24) is 15.6 Å². The van der Waals surface area contributed by atoms with Crippen LogP contribution in [0.2, 0.25) is 0 Å². The molecule has 2 heterocycles. The molecule has 0 amide bonds. The highest BCUT2D eigenvalue weighted by atomic mass is 127. The molecule has 0 aliphatic rings. The Morgan fingerprint density at radius 1 is 1.25 bits per heavy atom. The fourth-order valence-electron chi connectivity index (χ4n) is 3.12. The number of aliphatic hydroxyl groups is 1. The number of halogens is 1. The second-order valence-corrected chi connectivity index (χ2v) is 7.88. The van der Waals surface area contributed by atoms with Crippen LogP contribution in [-0.4, -0.2) is 35.7 Å². The summed E-state index contributed by atoms with van der Waals surface area (Å²) < 4.78 is 0. The van der Waals surface area contributed by atoms with Gasteiger partial charge in [-0.05, 0) is 49.8 Å². The maximum absolute atomic E-state index is 10.7. The quantitative estimate of drug-likeness (QED) is 0.218. The van der Waals surface area contributed by atoms with Gasteiger partial charge in [0.1, 0.15) is 5.60 Å². The molecule has 4 N–H and O–H groups in total. The summed E-state index contributed by atoms with van der Waals surface area (Å²) in [5, 5.41) is 20.5.